The first kappa shape index (κ1) is 31.4. The summed E-state index contributed by atoms with van der Waals surface area (Å²) in [4.78, 5) is 3.14. The maximum absolute atomic E-state index is 6.39. The lowest BCUT2D eigenvalue weighted by Gasteiger charge is -2.62. The van der Waals surface area contributed by atoms with Crippen molar-refractivity contribution >= 4 is 0 Å². The van der Waals surface area contributed by atoms with Gasteiger partial charge in [0.05, 0.1) is 19.8 Å². The number of allylic oxidation sites excluding steroid dienone is 3. The summed E-state index contributed by atoms with van der Waals surface area (Å²) in [5.41, 5.74) is 10.8. The fourth-order valence-corrected chi connectivity index (χ4v) is 26.7. The number of aryl methyl sites for hydroxylation is 1. The van der Waals surface area contributed by atoms with Crippen molar-refractivity contribution < 1.29 is 9.47 Å². The fourth-order valence-electron chi connectivity index (χ4n) is 26.7. The first-order chi connectivity index (χ1) is 28.2. The third-order valence-electron chi connectivity index (χ3n) is 25.6. The molecule has 3 nitrogen and oxygen atoms in total. The van der Waals surface area contributed by atoms with Crippen LogP contribution >= 0.6 is 0 Å². The molecule has 1 aromatic carbocycles. The molecule has 0 amide bonds. The molecule has 1 heterocycles. The monoisotopic (exact) mass is 760 g/mol. The molecule has 1 spiro atoms. The summed E-state index contributed by atoms with van der Waals surface area (Å²) >= 11 is 0. The number of ether oxygens (including phenoxy) is 2. The van der Waals surface area contributed by atoms with Crippen molar-refractivity contribution in [2.24, 2.45) is 159 Å². The maximum atomic E-state index is 6.39. The van der Waals surface area contributed by atoms with Crippen molar-refractivity contribution in [3.05, 3.63) is 58.2 Å². The zero-order valence-electron chi connectivity index (χ0n) is 34.3. The maximum Gasteiger partial charge on any atom is 0.0700 e. The van der Waals surface area contributed by atoms with Crippen molar-refractivity contribution in [2.45, 2.75) is 70.3 Å². The summed E-state index contributed by atoms with van der Waals surface area (Å²) in [5, 5.41) is 0. The first-order valence-electron chi connectivity index (χ1n) is 25.5. The Morgan fingerprint density at radius 2 is 1.28 bits per heavy atom. The number of fused-ring (bicyclic) bond motifs is 1. The summed E-state index contributed by atoms with van der Waals surface area (Å²) in [6, 6.07) is 12.5. The Morgan fingerprint density at radius 3 is 2.07 bits per heavy atom. The van der Waals surface area contributed by atoms with E-state index < -0.39 is 0 Å². The molecule has 298 valence electrons. The topological polar surface area (TPSA) is 21.7 Å². The van der Waals surface area contributed by atoms with Crippen molar-refractivity contribution in [1.29, 1.82) is 0 Å². The van der Waals surface area contributed by atoms with E-state index in [4.69, 9.17) is 9.47 Å². The third-order valence-corrected chi connectivity index (χ3v) is 25.6. The molecule has 28 unspecified atom stereocenters. The summed E-state index contributed by atoms with van der Waals surface area (Å²) in [6.07, 6.45) is 15.6. The van der Waals surface area contributed by atoms with Crippen LogP contribution < -0.4 is 0 Å². The molecule has 18 rings (SSSR count). The number of hydrogen-bond donors (Lipinski definition) is 0. The van der Waals surface area contributed by atoms with E-state index in [1.807, 2.05) is 7.11 Å². The van der Waals surface area contributed by atoms with Gasteiger partial charge in [0.15, 0.2) is 0 Å². The van der Waals surface area contributed by atoms with Crippen LogP contribution in [0.2, 0.25) is 0 Å². The van der Waals surface area contributed by atoms with Gasteiger partial charge in [0.2, 0.25) is 0 Å². The molecule has 17 aliphatic rings. The Kier molecular flexibility index (Phi) is 5.48. The van der Waals surface area contributed by atoms with Gasteiger partial charge in [-0.1, -0.05) is 52.6 Å². The van der Waals surface area contributed by atoms with Crippen LogP contribution in [-0.2, 0) is 15.9 Å². The molecule has 3 heteroatoms. The Balaban J connectivity index is 0.878. The molecule has 13 saturated carbocycles. The van der Waals surface area contributed by atoms with E-state index in [-0.39, 0.29) is 0 Å². The molecule has 1 aromatic rings. The molecular formula is C54H65NO2. The van der Waals surface area contributed by atoms with Crippen LogP contribution in [0.5, 0.6) is 0 Å². The van der Waals surface area contributed by atoms with Crippen molar-refractivity contribution in [1.82, 2.24) is 4.90 Å². The molecule has 0 bridgehead atoms. The van der Waals surface area contributed by atoms with E-state index in [2.05, 4.69) is 57.5 Å². The molecule has 0 radical (unpaired) electrons. The quantitative estimate of drug-likeness (QED) is 0.186. The summed E-state index contributed by atoms with van der Waals surface area (Å²) in [5.74, 6) is 28.5. The zero-order valence-corrected chi connectivity index (χ0v) is 34.3. The highest BCUT2D eigenvalue weighted by Crippen LogP contribution is 2.93. The van der Waals surface area contributed by atoms with Crippen molar-refractivity contribution in [3.63, 3.8) is 0 Å². The number of hydrogen-bond acceptors (Lipinski definition) is 3. The van der Waals surface area contributed by atoms with Crippen molar-refractivity contribution in [2.75, 3.05) is 40.0 Å². The average Bonchev–Trinajstić information content (AvgIpc) is 4.08. The fraction of sp³-hybridized carbons (Fsp3) is 0.815. The lowest BCUT2D eigenvalue weighted by molar-refractivity contribution is -0.149. The van der Waals surface area contributed by atoms with Gasteiger partial charge in [-0.05, 0) is 217 Å². The minimum atomic E-state index is 0.503. The smallest absolute Gasteiger partial charge is 0.0700 e. The largest absolute Gasteiger partial charge is 0.382 e. The first-order valence-corrected chi connectivity index (χ1v) is 25.5. The standard InChI is InChI=1S/C54H65NO2/c1-56-11-12-57-10-9-55-21-31-30-19-28-17-25-15-26-14-23-13-24-16-27-18-29-20-54(31,32(55)8-7-22-5-3-2-4-6-22)53-39(29)44-38(27)43-34(24)33(23)41-37(26)42-35(25)36(28)45-40(30)52(53)51-49(44)47(43)46(41)48(42)50(45)51/h2-6,23-27,29,31-35,37-39,41-53H,7-21H2,1H3. The van der Waals surface area contributed by atoms with Gasteiger partial charge in [-0.2, -0.15) is 0 Å². The molecule has 28 atom stereocenters. The van der Waals surface area contributed by atoms with Crippen molar-refractivity contribution in [3.8, 4) is 0 Å². The van der Waals surface area contributed by atoms with Gasteiger partial charge in [-0.3, -0.25) is 4.90 Å². The van der Waals surface area contributed by atoms with Crippen LogP contribution in [0.25, 0.3) is 0 Å². The number of methoxy groups -OCH3 is 1. The van der Waals surface area contributed by atoms with E-state index in [0.29, 0.717) is 5.41 Å². The third kappa shape index (κ3) is 3.07. The molecule has 57 heavy (non-hydrogen) atoms. The van der Waals surface area contributed by atoms with Gasteiger partial charge < -0.3 is 9.47 Å². The van der Waals surface area contributed by atoms with Crippen LogP contribution in [0.15, 0.2) is 52.6 Å². The van der Waals surface area contributed by atoms with Gasteiger partial charge in [0, 0.05) is 38.1 Å². The van der Waals surface area contributed by atoms with E-state index in [1.54, 1.807) is 50.5 Å². The second-order valence-electron chi connectivity index (χ2n) is 25.4. The summed E-state index contributed by atoms with van der Waals surface area (Å²) in [6.45, 7) is 4.83. The van der Waals surface area contributed by atoms with Crippen LogP contribution in [0, 0.1) is 159 Å². The SMILES string of the molecule is COCCOCCN1CC2C3=C4C5C6=C(C3)CC3CC7CC8CC9CC%10CC%11CC2(C2C4C4C5C5C(C63)C7C3C8C9C6C%10C(C4C6C35)C%112)C1CCc1ccccc1. The Morgan fingerprint density at radius 1 is 0.632 bits per heavy atom. The van der Waals surface area contributed by atoms with E-state index >= 15 is 0 Å². The highest BCUT2D eigenvalue weighted by atomic mass is 16.5. The van der Waals surface area contributed by atoms with Gasteiger partial charge in [0.1, 0.15) is 0 Å². The molecule has 1 saturated heterocycles. The number of rotatable bonds is 9. The normalized spacial score (nSPS) is 64.5. The molecule has 14 fully saturated rings. The predicted octanol–water partition coefficient (Wildman–Crippen LogP) is 8.91. The molecule has 16 aliphatic carbocycles. The summed E-state index contributed by atoms with van der Waals surface area (Å²) < 4.78 is 11.8. The van der Waals surface area contributed by atoms with Gasteiger partial charge in [-0.15, -0.1) is 0 Å². The highest BCUT2D eigenvalue weighted by Gasteiger charge is 2.88. The predicted molar refractivity (Wildman–Crippen MR) is 217 cm³/mol. The second kappa shape index (κ2) is 9.94. The van der Waals surface area contributed by atoms with E-state index in [9.17, 15) is 0 Å². The molecule has 1 aliphatic heterocycles. The van der Waals surface area contributed by atoms with Crippen LogP contribution in [0.4, 0.5) is 0 Å². The van der Waals surface area contributed by atoms with E-state index in [1.165, 1.54) is 61.3 Å². The minimum absolute atomic E-state index is 0.503. The average molecular weight is 760 g/mol. The highest BCUT2D eigenvalue weighted by molar-refractivity contribution is 5.56. The van der Waals surface area contributed by atoms with Gasteiger partial charge in [0.25, 0.3) is 0 Å². The van der Waals surface area contributed by atoms with Crippen LogP contribution in [0.3, 0.4) is 0 Å². The van der Waals surface area contributed by atoms with Gasteiger partial charge in [-0.25, -0.2) is 0 Å². The van der Waals surface area contributed by atoms with Crippen LogP contribution in [-0.4, -0.2) is 51.0 Å². The molecule has 0 N–H and O–H groups in total. The Bertz CT molecular complexity index is 2100. The number of nitrogens with zero attached hydrogens (tertiary/aromatic N) is 1. The van der Waals surface area contributed by atoms with E-state index in [0.717, 1.165) is 151 Å². The van der Waals surface area contributed by atoms with Crippen LogP contribution in [0.1, 0.15) is 63.4 Å². The van der Waals surface area contributed by atoms with Gasteiger partial charge >= 0.3 is 0 Å². The lowest BCUT2D eigenvalue weighted by Crippen LogP contribution is -2.60. The molecular weight excluding hydrogens is 695 g/mol. The zero-order chi connectivity index (χ0) is 36.1. The second-order valence-corrected chi connectivity index (χ2v) is 25.4. The lowest BCUT2D eigenvalue weighted by atomic mass is 9.42. The number of likely N-dealkylation sites (tertiary alicyclic amines) is 1. The summed E-state index contributed by atoms with van der Waals surface area (Å²) in [7, 11) is 1.83. The molecule has 0 aromatic heterocycles. The minimum Gasteiger partial charge on any atom is -0.382 e. The Hall–Kier alpha value is -1.42. The number of benzene rings is 1. The Labute approximate surface area is 340 Å².